The van der Waals surface area contributed by atoms with Crippen LogP contribution in [0.15, 0.2) is 12.1 Å². The molecule has 1 aromatic rings. The van der Waals surface area contributed by atoms with Crippen LogP contribution in [-0.2, 0) is 4.74 Å². The summed E-state index contributed by atoms with van der Waals surface area (Å²) < 4.78 is 44.3. The number of aliphatic hydroxyl groups is 1. The predicted molar refractivity (Wildman–Crippen MR) is 73.8 cm³/mol. The van der Waals surface area contributed by atoms with E-state index in [1.165, 1.54) is 0 Å². The molecule has 0 aliphatic rings. The van der Waals surface area contributed by atoms with E-state index in [1.54, 1.807) is 0 Å². The Morgan fingerprint density at radius 2 is 1.95 bits per heavy atom. The summed E-state index contributed by atoms with van der Waals surface area (Å²) in [6.07, 6.45) is 0.602. The van der Waals surface area contributed by atoms with Crippen LogP contribution in [-0.4, -0.2) is 37.5 Å². The molecule has 0 radical (unpaired) electrons. The SMILES string of the molecule is CCOCCCNC(=O)NC(CO)c1cc(F)c(F)c(F)c1. The van der Waals surface area contributed by atoms with Crippen LogP contribution in [0.25, 0.3) is 0 Å². The number of halogens is 3. The molecule has 0 aromatic heterocycles. The van der Waals surface area contributed by atoms with Gasteiger partial charge in [0.2, 0.25) is 0 Å². The molecule has 8 heteroatoms. The molecule has 5 nitrogen and oxygen atoms in total. The second-order valence-corrected chi connectivity index (χ2v) is 4.48. The number of carbonyl (C=O) groups excluding carboxylic acids is 1. The van der Waals surface area contributed by atoms with E-state index >= 15 is 0 Å². The van der Waals surface area contributed by atoms with Gasteiger partial charge in [0.05, 0.1) is 12.6 Å². The highest BCUT2D eigenvalue weighted by atomic mass is 19.2. The van der Waals surface area contributed by atoms with Gasteiger partial charge in [-0.05, 0) is 31.0 Å². The molecule has 0 bridgehead atoms. The van der Waals surface area contributed by atoms with Crippen LogP contribution in [0.1, 0.15) is 24.9 Å². The number of rotatable bonds is 8. The highest BCUT2D eigenvalue weighted by Gasteiger charge is 2.18. The quantitative estimate of drug-likeness (QED) is 0.506. The standard InChI is InChI=1S/C14H19F3N2O3/c1-2-22-5-3-4-18-14(21)19-12(8-20)9-6-10(15)13(17)11(16)7-9/h6-7,12,20H,2-5,8H2,1H3,(H2,18,19,21). The van der Waals surface area contributed by atoms with Crippen molar-refractivity contribution in [3.8, 4) is 0 Å². The fraction of sp³-hybridized carbons (Fsp3) is 0.500. The van der Waals surface area contributed by atoms with Gasteiger partial charge >= 0.3 is 6.03 Å². The Bertz CT molecular complexity index is 477. The Morgan fingerprint density at radius 1 is 1.32 bits per heavy atom. The first kappa shape index (κ1) is 18.2. The maximum Gasteiger partial charge on any atom is 0.315 e. The number of hydrogen-bond acceptors (Lipinski definition) is 3. The van der Waals surface area contributed by atoms with E-state index in [9.17, 15) is 23.1 Å². The fourth-order valence-corrected chi connectivity index (χ4v) is 1.74. The van der Waals surface area contributed by atoms with Crippen LogP contribution in [0.3, 0.4) is 0 Å². The third-order valence-electron chi connectivity index (χ3n) is 2.85. The lowest BCUT2D eigenvalue weighted by Gasteiger charge is -2.17. The molecular weight excluding hydrogens is 301 g/mol. The zero-order valence-corrected chi connectivity index (χ0v) is 12.2. The number of aliphatic hydroxyl groups excluding tert-OH is 1. The molecule has 0 aliphatic heterocycles. The minimum atomic E-state index is -1.60. The second kappa shape index (κ2) is 9.26. The van der Waals surface area contributed by atoms with Gasteiger partial charge in [-0.3, -0.25) is 0 Å². The van der Waals surface area contributed by atoms with Crippen molar-refractivity contribution in [1.82, 2.24) is 10.6 Å². The zero-order valence-electron chi connectivity index (χ0n) is 12.2. The van der Waals surface area contributed by atoms with Gasteiger partial charge < -0.3 is 20.5 Å². The van der Waals surface area contributed by atoms with Crippen LogP contribution >= 0.6 is 0 Å². The molecule has 0 saturated heterocycles. The van der Waals surface area contributed by atoms with E-state index in [-0.39, 0.29) is 5.56 Å². The van der Waals surface area contributed by atoms with Crippen LogP contribution < -0.4 is 10.6 Å². The van der Waals surface area contributed by atoms with E-state index in [1.807, 2.05) is 6.92 Å². The summed E-state index contributed by atoms with van der Waals surface area (Å²) >= 11 is 0. The van der Waals surface area contributed by atoms with E-state index in [4.69, 9.17) is 4.74 Å². The van der Waals surface area contributed by atoms with Crippen molar-refractivity contribution in [2.45, 2.75) is 19.4 Å². The molecule has 0 aliphatic carbocycles. The summed E-state index contributed by atoms with van der Waals surface area (Å²) in [5.41, 5.74) is -0.0663. The van der Waals surface area contributed by atoms with Crippen molar-refractivity contribution in [2.24, 2.45) is 0 Å². The normalized spacial score (nSPS) is 12.0. The number of ether oxygens (including phenoxy) is 1. The number of urea groups is 1. The Morgan fingerprint density at radius 3 is 2.50 bits per heavy atom. The molecule has 3 N–H and O–H groups in total. The van der Waals surface area contributed by atoms with Crippen LogP contribution in [0, 0.1) is 17.5 Å². The molecule has 22 heavy (non-hydrogen) atoms. The van der Waals surface area contributed by atoms with Crippen molar-refractivity contribution in [3.05, 3.63) is 35.1 Å². The molecular formula is C14H19F3N2O3. The number of nitrogens with one attached hydrogen (secondary N) is 2. The summed E-state index contributed by atoms with van der Waals surface area (Å²) in [6, 6.07) is -0.194. The molecule has 1 unspecified atom stereocenters. The lowest BCUT2D eigenvalue weighted by Crippen LogP contribution is -2.40. The van der Waals surface area contributed by atoms with Gasteiger partial charge in [0, 0.05) is 19.8 Å². The minimum absolute atomic E-state index is 0.0663. The van der Waals surface area contributed by atoms with E-state index < -0.39 is 36.1 Å². The van der Waals surface area contributed by atoms with E-state index in [0.29, 0.717) is 26.2 Å². The summed E-state index contributed by atoms with van der Waals surface area (Å²) in [6.45, 7) is 2.69. The Balaban J connectivity index is 2.56. The monoisotopic (exact) mass is 320 g/mol. The molecule has 2 amide bonds. The first-order valence-corrected chi connectivity index (χ1v) is 6.87. The smallest absolute Gasteiger partial charge is 0.315 e. The number of benzene rings is 1. The Hall–Kier alpha value is -1.80. The maximum atomic E-state index is 13.2. The Labute approximate surface area is 126 Å². The molecule has 0 fully saturated rings. The first-order chi connectivity index (χ1) is 10.5. The summed E-state index contributed by atoms with van der Waals surface area (Å²) in [5.74, 6) is -4.36. The lowest BCUT2D eigenvalue weighted by molar-refractivity contribution is 0.145. The minimum Gasteiger partial charge on any atom is -0.394 e. The van der Waals surface area contributed by atoms with Gasteiger partial charge in [-0.1, -0.05) is 0 Å². The van der Waals surface area contributed by atoms with E-state index in [2.05, 4.69) is 10.6 Å². The largest absolute Gasteiger partial charge is 0.394 e. The maximum absolute atomic E-state index is 13.2. The van der Waals surface area contributed by atoms with Crippen molar-refractivity contribution in [1.29, 1.82) is 0 Å². The zero-order chi connectivity index (χ0) is 16.5. The summed E-state index contributed by atoms with van der Waals surface area (Å²) in [5, 5.41) is 14.1. The van der Waals surface area contributed by atoms with Gasteiger partial charge in [-0.15, -0.1) is 0 Å². The van der Waals surface area contributed by atoms with Gasteiger partial charge in [0.25, 0.3) is 0 Å². The van der Waals surface area contributed by atoms with Gasteiger partial charge in [-0.25, -0.2) is 18.0 Å². The number of amides is 2. The predicted octanol–water partition coefficient (Wildman–Crippen LogP) is 1.86. The third-order valence-corrected chi connectivity index (χ3v) is 2.85. The van der Waals surface area contributed by atoms with Crippen molar-refractivity contribution in [3.63, 3.8) is 0 Å². The molecule has 0 spiro atoms. The molecule has 0 saturated carbocycles. The Kier molecular flexibility index (Phi) is 7.69. The average molecular weight is 320 g/mol. The summed E-state index contributed by atoms with van der Waals surface area (Å²) in [7, 11) is 0. The molecule has 0 heterocycles. The highest BCUT2D eigenvalue weighted by Crippen LogP contribution is 2.19. The van der Waals surface area contributed by atoms with Crippen molar-refractivity contribution in [2.75, 3.05) is 26.4 Å². The van der Waals surface area contributed by atoms with Gasteiger partial charge in [0.15, 0.2) is 17.5 Å². The number of carbonyl (C=O) groups is 1. The highest BCUT2D eigenvalue weighted by molar-refractivity contribution is 5.74. The molecule has 1 aromatic carbocycles. The van der Waals surface area contributed by atoms with Crippen molar-refractivity contribution >= 4 is 6.03 Å². The van der Waals surface area contributed by atoms with Gasteiger partial charge in [-0.2, -0.15) is 0 Å². The van der Waals surface area contributed by atoms with Crippen molar-refractivity contribution < 1.29 is 27.8 Å². The molecule has 1 rings (SSSR count). The van der Waals surface area contributed by atoms with Crippen LogP contribution in [0.5, 0.6) is 0 Å². The summed E-state index contributed by atoms with van der Waals surface area (Å²) in [4.78, 5) is 11.6. The fourth-order valence-electron chi connectivity index (χ4n) is 1.74. The average Bonchev–Trinajstić information content (AvgIpc) is 2.49. The lowest BCUT2D eigenvalue weighted by atomic mass is 10.1. The second-order valence-electron chi connectivity index (χ2n) is 4.48. The first-order valence-electron chi connectivity index (χ1n) is 6.87. The molecule has 124 valence electrons. The van der Waals surface area contributed by atoms with E-state index in [0.717, 1.165) is 12.1 Å². The van der Waals surface area contributed by atoms with Crippen LogP contribution in [0.4, 0.5) is 18.0 Å². The van der Waals surface area contributed by atoms with Crippen LogP contribution in [0.2, 0.25) is 0 Å². The molecule has 1 atom stereocenters. The number of hydrogen-bond donors (Lipinski definition) is 3. The third kappa shape index (κ3) is 5.53. The van der Waals surface area contributed by atoms with Gasteiger partial charge in [0.1, 0.15) is 0 Å². The topological polar surface area (TPSA) is 70.6 Å².